The average Bonchev–Trinajstić information content (AvgIpc) is 3.44. The molecule has 0 spiro atoms. The van der Waals surface area contributed by atoms with E-state index < -0.39 is 21.4 Å². The summed E-state index contributed by atoms with van der Waals surface area (Å²) in [6.45, 7) is 0.875. The van der Waals surface area contributed by atoms with Crippen molar-refractivity contribution in [3.05, 3.63) is 86.6 Å². The third-order valence-electron chi connectivity index (χ3n) is 5.71. The molecular weight excluding hydrogens is 480 g/mol. The van der Waals surface area contributed by atoms with Crippen molar-refractivity contribution in [2.24, 2.45) is 0 Å². The number of carbonyl (C=O) groups is 1. The second-order valence-corrected chi connectivity index (χ2v) is 11.9. The van der Waals surface area contributed by atoms with E-state index in [2.05, 4.69) is 5.32 Å². The molecule has 0 radical (unpaired) electrons. The monoisotopic (exact) mass is 498 g/mol. The van der Waals surface area contributed by atoms with Gasteiger partial charge in [-0.25, -0.2) is 8.42 Å². The lowest BCUT2D eigenvalue weighted by Crippen LogP contribution is -2.18. The molecule has 2 aromatic carbocycles. The number of pyridine rings is 1. The van der Waals surface area contributed by atoms with Crippen molar-refractivity contribution in [1.82, 2.24) is 4.57 Å². The molecule has 0 saturated heterocycles. The Morgan fingerprint density at radius 1 is 1.03 bits per heavy atom. The number of thiophene rings is 1. The Hall–Kier alpha value is -2.94. The van der Waals surface area contributed by atoms with Crippen LogP contribution in [0.3, 0.4) is 0 Å². The summed E-state index contributed by atoms with van der Waals surface area (Å²) >= 11 is 6.75. The molecule has 2 aromatic heterocycles. The van der Waals surface area contributed by atoms with Gasteiger partial charge in [0.15, 0.2) is 15.6 Å². The van der Waals surface area contributed by atoms with Crippen LogP contribution in [0.5, 0.6) is 0 Å². The molecule has 1 aliphatic heterocycles. The third kappa shape index (κ3) is 4.21. The maximum atomic E-state index is 13.1. The number of ketones is 1. The first-order chi connectivity index (χ1) is 15.8. The van der Waals surface area contributed by atoms with Crippen LogP contribution >= 0.6 is 22.9 Å². The molecule has 0 atom stereocenters. The van der Waals surface area contributed by atoms with Crippen molar-refractivity contribution in [1.29, 1.82) is 0 Å². The average molecular weight is 499 g/mol. The van der Waals surface area contributed by atoms with Crippen LogP contribution in [0, 0.1) is 0 Å². The summed E-state index contributed by atoms with van der Waals surface area (Å²) in [4.78, 5) is 25.5. The Bertz CT molecular complexity index is 1550. The number of aromatic nitrogens is 1. The summed E-state index contributed by atoms with van der Waals surface area (Å²) in [6.07, 6.45) is 2.65. The SMILES string of the molecule is O=C(Cc1ccc(-n2ccc3c4c(ccc3c2=O)NCC4)cc1)CS(=O)(=O)c1ccc(Cl)s1. The number of benzene rings is 2. The van der Waals surface area contributed by atoms with E-state index in [-0.39, 0.29) is 16.2 Å². The number of sulfone groups is 1. The van der Waals surface area contributed by atoms with Gasteiger partial charge in [0, 0.05) is 35.9 Å². The number of halogens is 1. The lowest BCUT2D eigenvalue weighted by atomic mass is 10.0. The molecule has 0 saturated carbocycles. The van der Waals surface area contributed by atoms with Gasteiger partial charge in [-0.15, -0.1) is 11.3 Å². The van der Waals surface area contributed by atoms with Crippen LogP contribution < -0.4 is 10.9 Å². The fourth-order valence-corrected chi connectivity index (χ4v) is 6.96. The quantitative estimate of drug-likeness (QED) is 0.429. The lowest BCUT2D eigenvalue weighted by Gasteiger charge is -2.10. The zero-order valence-corrected chi connectivity index (χ0v) is 19.8. The number of Topliss-reactive ketones (excluding diaryl/α,β-unsaturated/α-hetero) is 1. The van der Waals surface area contributed by atoms with Crippen molar-refractivity contribution in [3.63, 3.8) is 0 Å². The molecule has 0 amide bonds. The minimum absolute atomic E-state index is 0.00955. The Kier molecular flexibility index (Phi) is 5.60. The van der Waals surface area contributed by atoms with Gasteiger partial charge in [0.05, 0.1) is 4.34 Å². The van der Waals surface area contributed by atoms with Gasteiger partial charge in [0.1, 0.15) is 9.96 Å². The summed E-state index contributed by atoms with van der Waals surface area (Å²) < 4.78 is 26.8. The molecule has 9 heteroatoms. The summed E-state index contributed by atoms with van der Waals surface area (Å²) in [5.74, 6) is -0.979. The first-order valence-corrected chi connectivity index (χ1v) is 13.2. The van der Waals surface area contributed by atoms with Gasteiger partial charge in [0.2, 0.25) is 0 Å². The van der Waals surface area contributed by atoms with Gasteiger partial charge in [-0.1, -0.05) is 23.7 Å². The van der Waals surface area contributed by atoms with E-state index in [0.717, 1.165) is 35.4 Å². The number of rotatable bonds is 6. The summed E-state index contributed by atoms with van der Waals surface area (Å²) in [5.41, 5.74) is 3.51. The van der Waals surface area contributed by atoms with E-state index in [9.17, 15) is 18.0 Å². The summed E-state index contributed by atoms with van der Waals surface area (Å²) in [6, 6.07) is 15.7. The molecule has 1 N–H and O–H groups in total. The number of hydrogen-bond donors (Lipinski definition) is 1. The van der Waals surface area contributed by atoms with E-state index in [0.29, 0.717) is 21.0 Å². The standard InChI is InChI=1S/C24H19ClN2O4S2/c25-22-7-8-23(32-22)33(30,31)14-17(28)13-15-1-3-16(4-2-15)27-12-10-18-19-9-11-26-21(19)6-5-20(18)24(27)29/h1-8,10,12,26H,9,11,13-14H2. The third-order valence-corrected chi connectivity index (χ3v) is 9.20. The number of nitrogens with zero attached hydrogens (tertiary/aromatic N) is 1. The zero-order valence-electron chi connectivity index (χ0n) is 17.4. The number of nitrogens with one attached hydrogen (secondary N) is 1. The van der Waals surface area contributed by atoms with Crippen LogP contribution in [0.25, 0.3) is 16.5 Å². The van der Waals surface area contributed by atoms with Gasteiger partial charge >= 0.3 is 0 Å². The molecule has 4 aromatic rings. The fraction of sp³-hybridized carbons (Fsp3) is 0.167. The van der Waals surface area contributed by atoms with Gasteiger partial charge < -0.3 is 5.32 Å². The van der Waals surface area contributed by atoms with Gasteiger partial charge in [0.25, 0.3) is 5.56 Å². The van der Waals surface area contributed by atoms with Gasteiger partial charge in [-0.3, -0.25) is 14.2 Å². The van der Waals surface area contributed by atoms with E-state index in [1.807, 2.05) is 18.2 Å². The van der Waals surface area contributed by atoms with Crippen LogP contribution in [0.1, 0.15) is 11.1 Å². The van der Waals surface area contributed by atoms with Crippen LogP contribution in [0.15, 0.2) is 69.8 Å². The largest absolute Gasteiger partial charge is 0.384 e. The van der Waals surface area contributed by atoms with Crippen molar-refractivity contribution in [3.8, 4) is 5.69 Å². The smallest absolute Gasteiger partial charge is 0.262 e. The first kappa shape index (κ1) is 21.9. The minimum Gasteiger partial charge on any atom is -0.384 e. The molecule has 3 heterocycles. The maximum absolute atomic E-state index is 13.1. The van der Waals surface area contributed by atoms with Crippen molar-refractivity contribution in [2.45, 2.75) is 17.1 Å². The minimum atomic E-state index is -3.71. The number of fused-ring (bicyclic) bond motifs is 3. The highest BCUT2D eigenvalue weighted by Gasteiger charge is 2.21. The lowest BCUT2D eigenvalue weighted by molar-refractivity contribution is -0.116. The highest BCUT2D eigenvalue weighted by molar-refractivity contribution is 7.94. The highest BCUT2D eigenvalue weighted by atomic mass is 35.5. The van der Waals surface area contributed by atoms with E-state index in [1.165, 1.54) is 17.7 Å². The number of anilines is 1. The molecule has 0 fully saturated rings. The molecule has 33 heavy (non-hydrogen) atoms. The molecule has 0 bridgehead atoms. The van der Waals surface area contributed by atoms with E-state index in [1.54, 1.807) is 35.0 Å². The molecule has 5 rings (SSSR count). The van der Waals surface area contributed by atoms with Crippen molar-refractivity contribution < 1.29 is 13.2 Å². The molecule has 0 aliphatic carbocycles. The number of carbonyl (C=O) groups excluding carboxylic acids is 1. The van der Waals surface area contributed by atoms with E-state index in [4.69, 9.17) is 11.6 Å². The van der Waals surface area contributed by atoms with Crippen LogP contribution in [-0.4, -0.2) is 31.1 Å². The second kappa shape index (κ2) is 8.44. The highest BCUT2D eigenvalue weighted by Crippen LogP contribution is 2.29. The second-order valence-electron chi connectivity index (χ2n) is 7.92. The van der Waals surface area contributed by atoms with Crippen LogP contribution in [-0.2, 0) is 27.5 Å². The normalized spacial score (nSPS) is 13.1. The maximum Gasteiger partial charge on any atom is 0.262 e. The summed E-state index contributed by atoms with van der Waals surface area (Å²) in [5, 5.41) is 4.96. The summed E-state index contributed by atoms with van der Waals surface area (Å²) in [7, 11) is -3.71. The van der Waals surface area contributed by atoms with Crippen molar-refractivity contribution in [2.75, 3.05) is 17.6 Å². The van der Waals surface area contributed by atoms with Crippen molar-refractivity contribution >= 4 is 55.0 Å². The zero-order chi connectivity index (χ0) is 23.2. The van der Waals surface area contributed by atoms with Crippen LogP contribution in [0.2, 0.25) is 4.34 Å². The number of hydrogen-bond acceptors (Lipinski definition) is 6. The molecule has 0 unspecified atom stereocenters. The Balaban J connectivity index is 1.35. The fourth-order valence-electron chi connectivity index (χ4n) is 4.15. The van der Waals surface area contributed by atoms with Gasteiger partial charge in [-0.05, 0) is 65.4 Å². The predicted octanol–water partition coefficient (Wildman–Crippen LogP) is 4.26. The Morgan fingerprint density at radius 2 is 1.82 bits per heavy atom. The van der Waals surface area contributed by atoms with E-state index >= 15 is 0 Å². The van der Waals surface area contributed by atoms with Crippen LogP contribution in [0.4, 0.5) is 5.69 Å². The first-order valence-electron chi connectivity index (χ1n) is 10.3. The van der Waals surface area contributed by atoms with Gasteiger partial charge in [-0.2, -0.15) is 0 Å². The Morgan fingerprint density at radius 3 is 2.55 bits per heavy atom. The topological polar surface area (TPSA) is 85.2 Å². The Labute approximate surface area is 199 Å². The molecule has 1 aliphatic rings. The molecular formula is C24H19ClN2O4S2. The molecule has 168 valence electrons. The molecule has 6 nitrogen and oxygen atoms in total. The predicted molar refractivity (Wildman–Crippen MR) is 132 cm³/mol.